The Morgan fingerprint density at radius 1 is 1.10 bits per heavy atom. The third-order valence-corrected chi connectivity index (χ3v) is 5.63. The van der Waals surface area contributed by atoms with E-state index < -0.39 is 0 Å². The lowest BCUT2D eigenvalue weighted by atomic mass is 10.2. The topological polar surface area (TPSA) is 92.0 Å². The van der Waals surface area contributed by atoms with Crippen LogP contribution in [0.5, 0.6) is 5.75 Å². The van der Waals surface area contributed by atoms with Crippen molar-refractivity contribution in [3.8, 4) is 17.1 Å². The van der Waals surface area contributed by atoms with Gasteiger partial charge in [0.05, 0.1) is 25.2 Å². The number of ether oxygens (including phenoxy) is 1. The summed E-state index contributed by atoms with van der Waals surface area (Å²) in [7, 11) is 1.65. The molecule has 1 atom stereocenters. The smallest absolute Gasteiger partial charge is 0.239 e. The van der Waals surface area contributed by atoms with Gasteiger partial charge >= 0.3 is 0 Å². The van der Waals surface area contributed by atoms with Gasteiger partial charge in [0.1, 0.15) is 11.5 Å². The molecule has 1 unspecified atom stereocenters. The summed E-state index contributed by atoms with van der Waals surface area (Å²) in [6.45, 7) is 6.60. The van der Waals surface area contributed by atoms with Gasteiger partial charge in [-0.3, -0.25) is 4.57 Å². The van der Waals surface area contributed by atoms with Gasteiger partial charge in [-0.1, -0.05) is 30.8 Å². The number of rotatable bonds is 8. The van der Waals surface area contributed by atoms with E-state index in [0.717, 1.165) is 28.1 Å². The largest absolute Gasteiger partial charge is 0.497 e. The predicted octanol–water partition coefficient (Wildman–Crippen LogP) is 4.95. The molecule has 3 heterocycles. The van der Waals surface area contributed by atoms with Crippen molar-refractivity contribution >= 4 is 11.8 Å². The quantitative estimate of drug-likeness (QED) is 0.366. The summed E-state index contributed by atoms with van der Waals surface area (Å²) in [5, 5.41) is 13.6. The Morgan fingerprint density at radius 2 is 1.90 bits per heavy atom. The van der Waals surface area contributed by atoms with Crippen molar-refractivity contribution < 1.29 is 13.7 Å². The highest BCUT2D eigenvalue weighted by Crippen LogP contribution is 2.35. The highest BCUT2D eigenvalue weighted by atomic mass is 32.2. The summed E-state index contributed by atoms with van der Waals surface area (Å²) in [6.07, 6.45) is 1.66. The molecule has 0 N–H and O–H groups in total. The number of nitrogens with zero attached hydrogens (tertiary/aromatic N) is 5. The summed E-state index contributed by atoms with van der Waals surface area (Å²) >= 11 is 1.52. The van der Waals surface area contributed by atoms with Gasteiger partial charge in [0, 0.05) is 11.5 Å². The molecule has 0 spiro atoms. The van der Waals surface area contributed by atoms with Crippen molar-refractivity contribution in [1.82, 2.24) is 24.9 Å². The van der Waals surface area contributed by atoms with Crippen molar-refractivity contribution in [2.45, 2.75) is 43.6 Å². The number of benzene rings is 1. The van der Waals surface area contributed by atoms with Gasteiger partial charge in [0.15, 0.2) is 16.8 Å². The molecule has 0 amide bonds. The molecular weight excluding hydrogens is 402 g/mol. The molecule has 0 aliphatic heterocycles. The van der Waals surface area contributed by atoms with Crippen LogP contribution in [0.2, 0.25) is 0 Å². The van der Waals surface area contributed by atoms with E-state index in [4.69, 9.17) is 13.7 Å². The molecule has 3 aromatic heterocycles. The number of aromatic nitrogens is 5. The van der Waals surface area contributed by atoms with Gasteiger partial charge in [-0.25, -0.2) is 0 Å². The van der Waals surface area contributed by atoms with Crippen LogP contribution in [0, 0.1) is 0 Å². The fraction of sp³-hybridized carbons (Fsp3) is 0.333. The first-order valence-electron chi connectivity index (χ1n) is 9.65. The Morgan fingerprint density at radius 3 is 2.53 bits per heavy atom. The Labute approximate surface area is 178 Å². The maximum absolute atomic E-state index is 5.56. The molecule has 0 saturated carbocycles. The van der Waals surface area contributed by atoms with Crippen molar-refractivity contribution in [1.29, 1.82) is 0 Å². The lowest BCUT2D eigenvalue weighted by Gasteiger charge is -2.11. The summed E-state index contributed by atoms with van der Waals surface area (Å²) in [5.41, 5.74) is 0.939. The van der Waals surface area contributed by atoms with E-state index in [1.165, 1.54) is 11.8 Å². The van der Waals surface area contributed by atoms with Gasteiger partial charge in [-0.05, 0) is 43.3 Å². The molecule has 156 valence electrons. The van der Waals surface area contributed by atoms with Crippen LogP contribution in [-0.2, 0) is 6.54 Å². The van der Waals surface area contributed by atoms with Gasteiger partial charge in [0.25, 0.3) is 0 Å². The second kappa shape index (κ2) is 8.74. The summed E-state index contributed by atoms with van der Waals surface area (Å²) < 4.78 is 18.3. The monoisotopic (exact) mass is 425 g/mol. The van der Waals surface area contributed by atoms with Crippen LogP contribution < -0.4 is 4.74 Å². The standard InChI is InChI=1S/C21H23N5O3S/c1-13(2)18-22-20(29-25-18)14(3)30-21-24-23-19(15-7-9-16(27-4)10-8-15)26(21)12-17-6-5-11-28-17/h5-11,13-14H,12H2,1-4H3. The van der Waals surface area contributed by atoms with Crippen LogP contribution in [0.25, 0.3) is 11.4 Å². The van der Waals surface area contributed by atoms with Gasteiger partial charge in [-0.15, -0.1) is 10.2 Å². The molecule has 4 rings (SSSR count). The number of thioether (sulfide) groups is 1. The van der Waals surface area contributed by atoms with E-state index in [0.29, 0.717) is 18.3 Å². The SMILES string of the molecule is COc1ccc(-c2nnc(SC(C)c3nc(C(C)C)no3)n2Cc2ccco2)cc1. The summed E-state index contributed by atoms with van der Waals surface area (Å²) in [6, 6.07) is 11.5. The van der Waals surface area contributed by atoms with Crippen LogP contribution >= 0.6 is 11.8 Å². The number of hydrogen-bond donors (Lipinski definition) is 0. The Bertz CT molecular complexity index is 1090. The van der Waals surface area contributed by atoms with Crippen molar-refractivity contribution in [3.63, 3.8) is 0 Å². The molecule has 0 aliphatic carbocycles. The molecule has 0 bridgehead atoms. The molecular formula is C21H23N5O3S. The van der Waals surface area contributed by atoms with E-state index >= 15 is 0 Å². The second-order valence-corrected chi connectivity index (χ2v) is 8.41. The van der Waals surface area contributed by atoms with E-state index in [1.54, 1.807) is 13.4 Å². The van der Waals surface area contributed by atoms with Crippen LogP contribution in [0.15, 0.2) is 56.8 Å². The fourth-order valence-corrected chi connectivity index (χ4v) is 3.76. The molecule has 1 aromatic carbocycles. The first kappa shape index (κ1) is 20.2. The minimum absolute atomic E-state index is 0.0757. The molecule has 9 heteroatoms. The molecule has 0 saturated heterocycles. The zero-order valence-corrected chi connectivity index (χ0v) is 18.1. The maximum Gasteiger partial charge on any atom is 0.239 e. The van der Waals surface area contributed by atoms with Gasteiger partial charge in [-0.2, -0.15) is 4.98 Å². The molecule has 0 fully saturated rings. The van der Waals surface area contributed by atoms with E-state index in [1.807, 2.05) is 61.7 Å². The van der Waals surface area contributed by atoms with Gasteiger partial charge < -0.3 is 13.7 Å². The predicted molar refractivity (Wildman–Crippen MR) is 112 cm³/mol. The fourth-order valence-electron chi connectivity index (χ4n) is 2.89. The zero-order valence-electron chi connectivity index (χ0n) is 17.3. The average Bonchev–Trinajstić information content (AvgIpc) is 3.50. The Balaban J connectivity index is 1.65. The lowest BCUT2D eigenvalue weighted by Crippen LogP contribution is -2.04. The molecule has 8 nitrogen and oxygen atoms in total. The first-order chi connectivity index (χ1) is 14.5. The molecule has 4 aromatic rings. The zero-order chi connectivity index (χ0) is 21.1. The van der Waals surface area contributed by atoms with Crippen molar-refractivity contribution in [3.05, 3.63) is 60.1 Å². The van der Waals surface area contributed by atoms with Crippen LogP contribution in [-0.4, -0.2) is 32.0 Å². The maximum atomic E-state index is 5.56. The highest BCUT2D eigenvalue weighted by molar-refractivity contribution is 7.99. The van der Waals surface area contributed by atoms with E-state index in [2.05, 4.69) is 20.3 Å². The van der Waals surface area contributed by atoms with Crippen molar-refractivity contribution in [2.24, 2.45) is 0 Å². The van der Waals surface area contributed by atoms with Crippen LogP contribution in [0.1, 0.15) is 49.4 Å². The number of hydrogen-bond acceptors (Lipinski definition) is 8. The Hall–Kier alpha value is -3.07. The van der Waals surface area contributed by atoms with Crippen LogP contribution in [0.4, 0.5) is 0 Å². The third-order valence-electron chi connectivity index (χ3n) is 4.56. The average molecular weight is 426 g/mol. The van der Waals surface area contributed by atoms with E-state index in [9.17, 15) is 0 Å². The first-order valence-corrected chi connectivity index (χ1v) is 10.5. The molecule has 0 radical (unpaired) electrons. The molecule has 30 heavy (non-hydrogen) atoms. The highest BCUT2D eigenvalue weighted by Gasteiger charge is 2.22. The van der Waals surface area contributed by atoms with E-state index in [-0.39, 0.29) is 11.2 Å². The molecule has 0 aliphatic rings. The normalized spacial score (nSPS) is 12.4. The van der Waals surface area contributed by atoms with Crippen molar-refractivity contribution in [2.75, 3.05) is 7.11 Å². The lowest BCUT2D eigenvalue weighted by molar-refractivity contribution is 0.372. The van der Waals surface area contributed by atoms with Crippen LogP contribution in [0.3, 0.4) is 0 Å². The summed E-state index contributed by atoms with van der Waals surface area (Å²) in [5.74, 6) is 3.84. The third kappa shape index (κ3) is 4.25. The minimum Gasteiger partial charge on any atom is -0.497 e. The minimum atomic E-state index is -0.0757. The second-order valence-electron chi connectivity index (χ2n) is 7.11. The number of methoxy groups -OCH3 is 1. The summed E-state index contributed by atoms with van der Waals surface area (Å²) in [4.78, 5) is 4.51. The number of furan rings is 1. The Kier molecular flexibility index (Phi) is 5.89. The van der Waals surface area contributed by atoms with Gasteiger partial charge in [0.2, 0.25) is 5.89 Å².